The van der Waals surface area contributed by atoms with E-state index in [9.17, 15) is 35.3 Å². The number of amides is 1. The zero-order chi connectivity index (χ0) is 47.8. The zero-order valence-corrected chi connectivity index (χ0v) is 42.3. The third kappa shape index (κ3) is 30.8. The molecular formula is C54H100N2O9. The van der Waals surface area contributed by atoms with Crippen LogP contribution >= 0.6 is 0 Å². The van der Waals surface area contributed by atoms with E-state index in [4.69, 9.17) is 14.2 Å². The summed E-state index contributed by atoms with van der Waals surface area (Å²) >= 11 is 0. The van der Waals surface area contributed by atoms with Crippen LogP contribution in [0.3, 0.4) is 0 Å². The molecule has 1 rings (SSSR count). The Morgan fingerprint density at radius 1 is 0.615 bits per heavy atom. The van der Waals surface area contributed by atoms with Crippen LogP contribution in [-0.2, 0) is 23.8 Å². The van der Waals surface area contributed by atoms with Crippen molar-refractivity contribution in [3.63, 3.8) is 0 Å². The lowest BCUT2D eigenvalue weighted by Crippen LogP contribution is -2.59. The van der Waals surface area contributed by atoms with E-state index in [0.29, 0.717) is 0 Å². The van der Waals surface area contributed by atoms with Crippen LogP contribution in [0, 0.1) is 16.7 Å². The molecule has 0 aliphatic carbocycles. The topological polar surface area (TPSA) is 170 Å². The lowest BCUT2D eigenvalue weighted by Gasteiger charge is -2.39. The molecule has 1 fully saturated rings. The minimum absolute atomic E-state index is 0.0624. The summed E-state index contributed by atoms with van der Waals surface area (Å²) in [6.07, 6.45) is 36.9. The number of unbranched alkanes of at least 4 members (excludes halogenated alkanes) is 30. The molecular weight excluding hydrogens is 821 g/mol. The monoisotopic (exact) mass is 921 g/mol. The molecule has 11 nitrogen and oxygen atoms in total. The van der Waals surface area contributed by atoms with Gasteiger partial charge in [-0.15, -0.1) is 0 Å². The van der Waals surface area contributed by atoms with Crippen LogP contribution in [0.2, 0.25) is 0 Å². The Morgan fingerprint density at radius 2 is 1.00 bits per heavy atom. The first-order valence-electron chi connectivity index (χ1n) is 27.0. The summed E-state index contributed by atoms with van der Waals surface area (Å²) in [7, 11) is 0. The molecule has 380 valence electrons. The molecule has 0 aromatic carbocycles. The molecule has 0 radical (unpaired) electrons. The van der Waals surface area contributed by atoms with Crippen molar-refractivity contribution >= 4 is 11.9 Å². The van der Waals surface area contributed by atoms with Crippen LogP contribution in [0.4, 0.5) is 0 Å². The normalized spacial score (nSPS) is 19.8. The second kappa shape index (κ2) is 40.9. The van der Waals surface area contributed by atoms with Gasteiger partial charge in [0.15, 0.2) is 6.29 Å². The highest BCUT2D eigenvalue weighted by atomic mass is 16.7. The Kier molecular flexibility index (Phi) is 38.4. The van der Waals surface area contributed by atoms with Crippen LogP contribution in [-0.4, -0.2) is 101 Å². The third-order valence-corrected chi connectivity index (χ3v) is 13.3. The van der Waals surface area contributed by atoms with Crippen molar-refractivity contribution in [1.29, 1.82) is 5.26 Å². The van der Waals surface area contributed by atoms with Crippen molar-refractivity contribution in [1.82, 2.24) is 4.90 Å². The standard InChI is InChI=1S/C54H100N2O9/c1-5-7-9-11-13-15-17-19-21-23-25-27-29-31-33-35-39-56(40-36-34-32-30-28-26-24-22-20-18-16-14-12-10-8-6-2)48(58)37-38-54(4,45-55)43-46(3)52(62)63-41-42-64-53-51(61)50(60)49(59)47(44-57)65-53/h43,47,49-51,53,57,59-61H,5-42,44H2,1-4H3/b46-43-/t47-,49+,50+,51-,53-,54?/m1/s1. The average Bonchev–Trinajstić information content (AvgIpc) is 3.30. The van der Waals surface area contributed by atoms with Crippen molar-refractivity contribution in [2.24, 2.45) is 5.41 Å². The lowest BCUT2D eigenvalue weighted by molar-refractivity contribution is -0.302. The Bertz CT molecular complexity index is 1190. The smallest absolute Gasteiger partial charge is 0.333 e. The summed E-state index contributed by atoms with van der Waals surface area (Å²) in [5.41, 5.74) is -0.827. The molecule has 6 atom stereocenters. The van der Waals surface area contributed by atoms with E-state index in [1.807, 2.05) is 4.90 Å². The van der Waals surface area contributed by atoms with E-state index in [0.717, 1.165) is 38.8 Å². The number of hydrogen-bond acceptors (Lipinski definition) is 10. The lowest BCUT2D eigenvalue weighted by atomic mass is 9.85. The second-order valence-corrected chi connectivity index (χ2v) is 19.5. The van der Waals surface area contributed by atoms with Gasteiger partial charge in [-0.3, -0.25) is 4.79 Å². The van der Waals surface area contributed by atoms with Gasteiger partial charge in [0.2, 0.25) is 5.91 Å². The van der Waals surface area contributed by atoms with Crippen LogP contribution in [0.15, 0.2) is 11.6 Å². The highest BCUT2D eigenvalue weighted by Crippen LogP contribution is 2.27. The molecule has 1 unspecified atom stereocenters. The van der Waals surface area contributed by atoms with E-state index < -0.39 is 48.7 Å². The first-order chi connectivity index (χ1) is 31.5. The molecule has 0 spiro atoms. The molecule has 1 amide bonds. The van der Waals surface area contributed by atoms with Crippen molar-refractivity contribution in [2.45, 2.75) is 277 Å². The van der Waals surface area contributed by atoms with Crippen LogP contribution in [0.5, 0.6) is 0 Å². The number of nitrogens with zero attached hydrogens (tertiary/aromatic N) is 2. The van der Waals surface area contributed by atoms with Gasteiger partial charge in [0, 0.05) is 25.1 Å². The Hall–Kier alpha value is -2.07. The number of ether oxygens (including phenoxy) is 3. The zero-order valence-electron chi connectivity index (χ0n) is 42.3. The van der Waals surface area contributed by atoms with E-state index in [-0.39, 0.29) is 37.5 Å². The number of rotatable bonds is 44. The maximum atomic E-state index is 13.7. The number of aliphatic hydroxyl groups is 4. The Balaban J connectivity index is 2.52. The number of aliphatic hydroxyl groups excluding tert-OH is 4. The van der Waals surface area contributed by atoms with Crippen molar-refractivity contribution in [3.05, 3.63) is 11.6 Å². The highest BCUT2D eigenvalue weighted by Gasteiger charge is 2.44. The van der Waals surface area contributed by atoms with Gasteiger partial charge in [-0.05, 0) is 33.1 Å². The van der Waals surface area contributed by atoms with Crippen LogP contribution in [0.25, 0.3) is 0 Å². The van der Waals surface area contributed by atoms with Gasteiger partial charge in [-0.2, -0.15) is 5.26 Å². The molecule has 4 N–H and O–H groups in total. The summed E-state index contributed by atoms with van der Waals surface area (Å²) in [4.78, 5) is 28.6. The molecule has 1 aliphatic heterocycles. The molecule has 1 heterocycles. The largest absolute Gasteiger partial charge is 0.460 e. The molecule has 1 saturated heterocycles. The number of carbonyl (C=O) groups is 2. The minimum atomic E-state index is -1.57. The Morgan fingerprint density at radius 3 is 1.37 bits per heavy atom. The van der Waals surface area contributed by atoms with Crippen LogP contribution in [0.1, 0.15) is 246 Å². The predicted octanol–water partition coefficient (Wildman–Crippen LogP) is 12.0. The van der Waals surface area contributed by atoms with Gasteiger partial charge in [0.1, 0.15) is 31.0 Å². The van der Waals surface area contributed by atoms with Gasteiger partial charge in [-0.1, -0.05) is 213 Å². The average molecular weight is 921 g/mol. The summed E-state index contributed by atoms with van der Waals surface area (Å²) < 4.78 is 16.0. The van der Waals surface area contributed by atoms with E-state index in [2.05, 4.69) is 19.9 Å². The second-order valence-electron chi connectivity index (χ2n) is 19.5. The minimum Gasteiger partial charge on any atom is -0.460 e. The molecule has 0 aromatic rings. The molecule has 0 saturated carbocycles. The van der Waals surface area contributed by atoms with Gasteiger partial charge in [0.05, 0.1) is 24.7 Å². The van der Waals surface area contributed by atoms with Crippen molar-refractivity contribution in [3.8, 4) is 6.07 Å². The maximum absolute atomic E-state index is 13.7. The molecule has 0 bridgehead atoms. The first kappa shape index (κ1) is 60.9. The van der Waals surface area contributed by atoms with Gasteiger partial charge >= 0.3 is 5.97 Å². The third-order valence-electron chi connectivity index (χ3n) is 13.3. The molecule has 0 aromatic heterocycles. The summed E-state index contributed by atoms with van der Waals surface area (Å²) in [6, 6.07) is 2.31. The molecule has 11 heteroatoms. The maximum Gasteiger partial charge on any atom is 0.333 e. The fraction of sp³-hybridized carbons (Fsp3) is 0.907. The summed E-state index contributed by atoms with van der Waals surface area (Å²) in [5.74, 6) is -0.587. The fourth-order valence-electron chi connectivity index (χ4n) is 8.90. The van der Waals surface area contributed by atoms with E-state index in [1.165, 1.54) is 180 Å². The number of hydrogen-bond donors (Lipinski definition) is 4. The Labute approximate surface area is 397 Å². The van der Waals surface area contributed by atoms with Gasteiger partial charge in [0.25, 0.3) is 0 Å². The number of nitriles is 1. The molecule has 1 aliphatic rings. The summed E-state index contributed by atoms with van der Waals surface area (Å²) in [6.45, 7) is 8.37. The van der Waals surface area contributed by atoms with Gasteiger partial charge in [-0.25, -0.2) is 4.79 Å². The number of esters is 1. The molecule has 65 heavy (non-hydrogen) atoms. The number of allylic oxidation sites excluding steroid dienone is 1. The highest BCUT2D eigenvalue weighted by molar-refractivity contribution is 5.88. The van der Waals surface area contributed by atoms with E-state index in [1.54, 1.807) is 19.9 Å². The fourth-order valence-corrected chi connectivity index (χ4v) is 8.90. The van der Waals surface area contributed by atoms with E-state index >= 15 is 0 Å². The SMILES string of the molecule is CCCCCCCCCCCCCCCCCCN(CCCCCCCCCCCCCCCCCC)C(=O)CCC(C)(C#N)/C=C(/C)C(=O)OCCO[C@@H]1O[C@H](CO)[C@H](O)[C@H](O)[C@H]1O. The van der Waals surface area contributed by atoms with Gasteiger partial charge < -0.3 is 39.5 Å². The van der Waals surface area contributed by atoms with Crippen molar-refractivity contribution < 1.29 is 44.2 Å². The predicted molar refractivity (Wildman–Crippen MR) is 263 cm³/mol. The van der Waals surface area contributed by atoms with Crippen LogP contribution < -0.4 is 0 Å². The quantitative estimate of drug-likeness (QED) is 0.0262. The number of carbonyl (C=O) groups excluding carboxylic acids is 2. The first-order valence-corrected chi connectivity index (χ1v) is 27.0. The summed E-state index contributed by atoms with van der Waals surface area (Å²) in [5, 5.41) is 49.6. The van der Waals surface area contributed by atoms with Crippen molar-refractivity contribution in [2.75, 3.05) is 32.9 Å².